The van der Waals surface area contributed by atoms with Gasteiger partial charge in [0.1, 0.15) is 12.1 Å². The van der Waals surface area contributed by atoms with Crippen molar-refractivity contribution in [3.05, 3.63) is 35.9 Å². The van der Waals surface area contributed by atoms with Crippen LogP contribution in [0.3, 0.4) is 0 Å². The fourth-order valence-electron chi connectivity index (χ4n) is 4.55. The number of esters is 1. The van der Waals surface area contributed by atoms with Crippen molar-refractivity contribution in [2.24, 2.45) is 0 Å². The van der Waals surface area contributed by atoms with Crippen molar-refractivity contribution in [2.45, 2.75) is 75.4 Å². The van der Waals surface area contributed by atoms with Crippen LogP contribution in [0.15, 0.2) is 30.3 Å². The van der Waals surface area contributed by atoms with Crippen molar-refractivity contribution in [1.82, 2.24) is 10.2 Å². The summed E-state index contributed by atoms with van der Waals surface area (Å²) in [6.45, 7) is 3.73. The van der Waals surface area contributed by atoms with Crippen LogP contribution < -0.4 is 5.32 Å². The molecule has 2 heterocycles. The lowest BCUT2D eigenvalue weighted by Crippen LogP contribution is -2.61. The van der Waals surface area contributed by atoms with E-state index < -0.39 is 24.1 Å². The summed E-state index contributed by atoms with van der Waals surface area (Å²) in [5.41, 5.74) is 1.10. The molecular formula is C23H32N2O5S. The molecule has 2 aliphatic rings. The van der Waals surface area contributed by atoms with Crippen LogP contribution in [0.25, 0.3) is 0 Å². The number of ether oxygens (including phenoxy) is 1. The Bertz CT molecular complexity index is 774. The van der Waals surface area contributed by atoms with Crippen LogP contribution in [0.2, 0.25) is 0 Å². The zero-order valence-electron chi connectivity index (χ0n) is 18.2. The van der Waals surface area contributed by atoms with E-state index >= 15 is 0 Å². The third kappa shape index (κ3) is 5.80. The van der Waals surface area contributed by atoms with Gasteiger partial charge < -0.3 is 14.7 Å². The van der Waals surface area contributed by atoms with Crippen LogP contribution in [0.5, 0.6) is 0 Å². The molecule has 0 aliphatic carbocycles. The number of aryl methyl sites for hydroxylation is 1. The normalized spacial score (nSPS) is 24.8. The number of benzene rings is 1. The maximum Gasteiger partial charge on any atom is 0.326 e. The SMILES string of the molecule is CCOC(=O)[C@H](CCc1ccccc1)NC(C)C(=O)N1C2CCSC2CC[C@H]1C(=O)O. The van der Waals surface area contributed by atoms with E-state index in [1.54, 1.807) is 18.7 Å². The van der Waals surface area contributed by atoms with Crippen LogP contribution in [0, 0.1) is 0 Å². The van der Waals surface area contributed by atoms with Crippen molar-refractivity contribution in [3.8, 4) is 0 Å². The third-order valence-corrected chi connectivity index (χ3v) is 7.54. The highest BCUT2D eigenvalue weighted by Gasteiger charge is 2.46. The van der Waals surface area contributed by atoms with E-state index in [0.29, 0.717) is 24.5 Å². The van der Waals surface area contributed by atoms with Crippen LogP contribution in [-0.2, 0) is 25.5 Å². The molecule has 0 bridgehead atoms. The molecule has 0 radical (unpaired) electrons. The number of nitrogens with zero attached hydrogens (tertiary/aromatic N) is 1. The summed E-state index contributed by atoms with van der Waals surface area (Å²) in [6, 6.07) is 7.66. The number of thioether (sulfide) groups is 1. The zero-order valence-corrected chi connectivity index (χ0v) is 19.0. The second-order valence-corrected chi connectivity index (χ2v) is 9.51. The molecule has 2 fully saturated rings. The number of piperidine rings is 1. The number of likely N-dealkylation sites (tertiary alicyclic amines) is 1. The molecule has 5 atom stereocenters. The molecule has 0 aromatic heterocycles. The molecule has 1 amide bonds. The summed E-state index contributed by atoms with van der Waals surface area (Å²) in [5, 5.41) is 13.2. The molecule has 2 aliphatic heterocycles. The van der Waals surface area contributed by atoms with Crippen LogP contribution in [0.1, 0.15) is 45.1 Å². The first kappa shape index (κ1) is 23.6. The summed E-state index contributed by atoms with van der Waals surface area (Å²) < 4.78 is 5.22. The van der Waals surface area contributed by atoms with Crippen molar-refractivity contribution in [2.75, 3.05) is 12.4 Å². The number of amides is 1. The number of carbonyl (C=O) groups excluding carboxylic acids is 2. The summed E-state index contributed by atoms with van der Waals surface area (Å²) in [6.07, 6.45) is 3.26. The Morgan fingerprint density at radius 3 is 2.65 bits per heavy atom. The van der Waals surface area contributed by atoms with Gasteiger partial charge in [-0.3, -0.25) is 14.9 Å². The van der Waals surface area contributed by atoms with E-state index in [-0.39, 0.29) is 24.5 Å². The number of rotatable bonds is 9. The van der Waals surface area contributed by atoms with Gasteiger partial charge >= 0.3 is 11.9 Å². The average molecular weight is 449 g/mol. The highest BCUT2D eigenvalue weighted by atomic mass is 32.2. The van der Waals surface area contributed by atoms with Crippen molar-refractivity contribution >= 4 is 29.6 Å². The van der Waals surface area contributed by atoms with E-state index in [2.05, 4.69) is 5.32 Å². The Morgan fingerprint density at radius 1 is 1.23 bits per heavy atom. The molecule has 7 nitrogen and oxygen atoms in total. The van der Waals surface area contributed by atoms with Gasteiger partial charge in [0.25, 0.3) is 0 Å². The minimum atomic E-state index is -0.957. The summed E-state index contributed by atoms with van der Waals surface area (Å²) in [7, 11) is 0. The van der Waals surface area contributed by atoms with Gasteiger partial charge in [-0.15, -0.1) is 0 Å². The molecule has 1 aromatic carbocycles. The van der Waals surface area contributed by atoms with E-state index in [1.807, 2.05) is 42.1 Å². The smallest absolute Gasteiger partial charge is 0.326 e. The fourth-order valence-corrected chi connectivity index (χ4v) is 6.02. The minimum absolute atomic E-state index is 0.0537. The number of aliphatic carboxylic acids is 1. The quantitative estimate of drug-likeness (QED) is 0.560. The van der Waals surface area contributed by atoms with Gasteiger partial charge in [-0.1, -0.05) is 30.3 Å². The van der Waals surface area contributed by atoms with Crippen molar-refractivity contribution in [1.29, 1.82) is 0 Å². The van der Waals surface area contributed by atoms with E-state index in [0.717, 1.165) is 24.2 Å². The van der Waals surface area contributed by atoms with Gasteiger partial charge in [-0.05, 0) is 57.3 Å². The van der Waals surface area contributed by atoms with Crippen LogP contribution in [0.4, 0.5) is 0 Å². The van der Waals surface area contributed by atoms with Gasteiger partial charge in [-0.25, -0.2) is 4.79 Å². The number of hydrogen-bond donors (Lipinski definition) is 2. The molecule has 1 aromatic rings. The topological polar surface area (TPSA) is 95.9 Å². The Morgan fingerprint density at radius 2 is 1.97 bits per heavy atom. The fraction of sp³-hybridized carbons (Fsp3) is 0.609. The Labute approximate surface area is 187 Å². The average Bonchev–Trinajstić information content (AvgIpc) is 3.25. The molecule has 0 saturated carbocycles. The maximum absolute atomic E-state index is 13.4. The van der Waals surface area contributed by atoms with Crippen LogP contribution >= 0.6 is 11.8 Å². The first-order valence-electron chi connectivity index (χ1n) is 11.1. The second-order valence-electron chi connectivity index (χ2n) is 8.16. The van der Waals surface area contributed by atoms with Crippen LogP contribution in [-0.4, -0.2) is 69.6 Å². The van der Waals surface area contributed by atoms with E-state index in [4.69, 9.17) is 4.74 Å². The lowest BCUT2D eigenvalue weighted by atomic mass is 9.92. The molecule has 2 saturated heterocycles. The number of hydrogen-bond acceptors (Lipinski definition) is 6. The number of fused-ring (bicyclic) bond motifs is 1. The summed E-state index contributed by atoms with van der Waals surface area (Å²) in [4.78, 5) is 39.4. The molecule has 170 valence electrons. The molecule has 2 N–H and O–H groups in total. The van der Waals surface area contributed by atoms with Crippen molar-refractivity contribution < 1.29 is 24.2 Å². The lowest BCUT2D eigenvalue weighted by molar-refractivity contribution is -0.156. The highest BCUT2D eigenvalue weighted by molar-refractivity contribution is 8.00. The number of carbonyl (C=O) groups is 3. The lowest BCUT2D eigenvalue weighted by Gasteiger charge is -2.43. The molecular weight excluding hydrogens is 416 g/mol. The van der Waals surface area contributed by atoms with Crippen molar-refractivity contribution in [3.63, 3.8) is 0 Å². The molecule has 0 spiro atoms. The summed E-state index contributed by atoms with van der Waals surface area (Å²) >= 11 is 1.82. The largest absolute Gasteiger partial charge is 0.480 e. The van der Waals surface area contributed by atoms with E-state index in [1.165, 1.54) is 0 Å². The van der Waals surface area contributed by atoms with Gasteiger partial charge in [-0.2, -0.15) is 11.8 Å². The van der Waals surface area contributed by atoms with Gasteiger partial charge in [0.2, 0.25) is 5.91 Å². The Kier molecular flexibility index (Phi) is 8.37. The predicted molar refractivity (Wildman–Crippen MR) is 120 cm³/mol. The first-order valence-corrected chi connectivity index (χ1v) is 12.1. The molecule has 3 rings (SSSR count). The standard InChI is InChI=1S/C23H32N2O5S/c1-3-30-23(29)17(10-9-16-7-5-4-6-8-16)24-15(2)21(26)25-18-13-14-31-20(18)12-11-19(25)22(27)28/h4-8,15,17-20,24H,3,9-14H2,1-2H3,(H,27,28)/t15?,17-,18?,19-,20?/m0/s1. The minimum Gasteiger partial charge on any atom is -0.480 e. The van der Waals surface area contributed by atoms with Gasteiger partial charge in [0.15, 0.2) is 0 Å². The zero-order chi connectivity index (χ0) is 22.4. The predicted octanol–water partition coefficient (Wildman–Crippen LogP) is 2.48. The molecule has 3 unspecified atom stereocenters. The Balaban J connectivity index is 1.71. The number of nitrogens with one attached hydrogen (secondary N) is 1. The molecule has 8 heteroatoms. The molecule has 31 heavy (non-hydrogen) atoms. The first-order chi connectivity index (χ1) is 14.9. The Hall–Kier alpha value is -2.06. The van der Waals surface area contributed by atoms with Gasteiger partial charge in [0.05, 0.1) is 12.6 Å². The maximum atomic E-state index is 13.4. The third-order valence-electron chi connectivity index (χ3n) is 6.09. The number of carboxylic acids is 1. The van der Waals surface area contributed by atoms with Gasteiger partial charge in [0, 0.05) is 11.3 Å². The second kappa shape index (κ2) is 11.0. The number of carboxylic acid groups (broad SMARTS) is 1. The highest BCUT2D eigenvalue weighted by Crippen LogP contribution is 2.39. The summed E-state index contributed by atoms with van der Waals surface area (Å²) in [5.74, 6) is -0.656. The van der Waals surface area contributed by atoms with E-state index in [9.17, 15) is 19.5 Å². The monoisotopic (exact) mass is 448 g/mol.